The monoisotopic (exact) mass is 275 g/mol. The smallest absolute Gasteiger partial charge is 0.417 e. The zero-order chi connectivity index (χ0) is 14.8. The molecule has 0 unspecified atom stereocenters. The predicted octanol–water partition coefficient (Wildman–Crippen LogP) is 2.17. The van der Waals surface area contributed by atoms with Gasteiger partial charge in [0.15, 0.2) is 6.29 Å². The summed E-state index contributed by atoms with van der Waals surface area (Å²) in [5.41, 5.74) is -3.22. The summed E-state index contributed by atoms with van der Waals surface area (Å²) < 4.78 is 38.0. The maximum absolute atomic E-state index is 12.7. The van der Waals surface area contributed by atoms with Gasteiger partial charge in [-0.1, -0.05) is 0 Å². The highest BCUT2D eigenvalue weighted by Gasteiger charge is 2.35. The molecule has 0 aromatic heterocycles. The van der Waals surface area contributed by atoms with Crippen molar-refractivity contribution in [2.24, 2.45) is 0 Å². The first-order chi connectivity index (χ1) is 8.66. The lowest BCUT2D eigenvalue weighted by Crippen LogP contribution is -2.16. The van der Waals surface area contributed by atoms with Crippen molar-refractivity contribution in [3.05, 3.63) is 28.8 Å². The molecular weight excluding hydrogens is 267 g/mol. The highest BCUT2D eigenvalue weighted by molar-refractivity contribution is 6.01. The molecule has 1 amide bonds. The summed E-state index contributed by atoms with van der Waals surface area (Å²) in [5.74, 6) is -2.28. The molecule has 0 heterocycles. The van der Waals surface area contributed by atoms with E-state index in [9.17, 15) is 27.6 Å². The Morgan fingerprint density at radius 2 is 1.89 bits per heavy atom. The molecule has 0 aliphatic heterocycles. The van der Waals surface area contributed by atoms with E-state index in [0.717, 1.165) is 6.92 Å². The number of halogens is 3. The summed E-state index contributed by atoms with van der Waals surface area (Å²) in [7, 11) is 0. The Bertz CT molecular complexity index is 552. The average Bonchev–Trinajstić information content (AvgIpc) is 2.26. The first-order valence-electron chi connectivity index (χ1n) is 4.88. The fourth-order valence-electron chi connectivity index (χ4n) is 1.43. The van der Waals surface area contributed by atoms with Crippen LogP contribution >= 0.6 is 0 Å². The van der Waals surface area contributed by atoms with Crippen LogP contribution in [0.2, 0.25) is 0 Å². The zero-order valence-corrected chi connectivity index (χ0v) is 9.54. The normalized spacial score (nSPS) is 10.9. The number of carboxylic acid groups (broad SMARTS) is 1. The van der Waals surface area contributed by atoms with Gasteiger partial charge >= 0.3 is 12.1 Å². The number of anilines is 1. The number of benzene rings is 1. The summed E-state index contributed by atoms with van der Waals surface area (Å²) in [5, 5.41) is 10.8. The van der Waals surface area contributed by atoms with Crippen molar-refractivity contribution in [1.29, 1.82) is 0 Å². The Labute approximate surface area is 105 Å². The molecule has 0 aliphatic rings. The summed E-state index contributed by atoms with van der Waals surface area (Å²) in [4.78, 5) is 32.3. The van der Waals surface area contributed by atoms with Crippen molar-refractivity contribution in [2.45, 2.75) is 13.1 Å². The molecule has 5 nitrogen and oxygen atoms in total. The third-order valence-corrected chi connectivity index (χ3v) is 2.16. The average molecular weight is 275 g/mol. The fraction of sp³-hybridized carbons (Fsp3) is 0.182. The number of rotatable bonds is 3. The van der Waals surface area contributed by atoms with Crippen LogP contribution in [0.15, 0.2) is 12.1 Å². The quantitative estimate of drug-likeness (QED) is 0.828. The summed E-state index contributed by atoms with van der Waals surface area (Å²) >= 11 is 0. The number of amides is 1. The van der Waals surface area contributed by atoms with Crippen molar-refractivity contribution in [1.82, 2.24) is 0 Å². The molecule has 8 heteroatoms. The van der Waals surface area contributed by atoms with Gasteiger partial charge in [0, 0.05) is 12.5 Å². The molecule has 0 aliphatic carbocycles. The van der Waals surface area contributed by atoms with Crippen LogP contribution in [0.3, 0.4) is 0 Å². The minimum Gasteiger partial charge on any atom is -0.478 e. The van der Waals surface area contributed by atoms with Gasteiger partial charge in [-0.15, -0.1) is 0 Å². The molecule has 0 saturated heterocycles. The second kappa shape index (κ2) is 5.09. The first kappa shape index (κ1) is 14.7. The Morgan fingerprint density at radius 3 is 2.26 bits per heavy atom. The van der Waals surface area contributed by atoms with Crippen molar-refractivity contribution < 1.29 is 32.7 Å². The lowest BCUT2D eigenvalue weighted by atomic mass is 10.0. The number of carboxylic acids is 1. The number of nitrogens with one attached hydrogen (secondary N) is 1. The lowest BCUT2D eigenvalue weighted by molar-refractivity contribution is -0.137. The first-order valence-corrected chi connectivity index (χ1v) is 4.88. The van der Waals surface area contributed by atoms with Gasteiger partial charge in [0.25, 0.3) is 0 Å². The van der Waals surface area contributed by atoms with Crippen LogP contribution in [-0.4, -0.2) is 23.3 Å². The third-order valence-electron chi connectivity index (χ3n) is 2.16. The Kier molecular flexibility index (Phi) is 3.93. The second-order valence-electron chi connectivity index (χ2n) is 3.59. The molecule has 102 valence electrons. The van der Waals surface area contributed by atoms with E-state index in [4.69, 9.17) is 5.11 Å². The molecule has 0 bridgehead atoms. The van der Waals surface area contributed by atoms with E-state index >= 15 is 0 Å². The lowest BCUT2D eigenvalue weighted by Gasteiger charge is -2.14. The van der Waals surface area contributed by atoms with E-state index < -0.39 is 40.4 Å². The molecule has 1 rings (SSSR count). The van der Waals surface area contributed by atoms with Gasteiger partial charge in [0.05, 0.1) is 16.8 Å². The molecule has 2 N–H and O–H groups in total. The van der Waals surface area contributed by atoms with Crippen molar-refractivity contribution in [3.8, 4) is 0 Å². The van der Waals surface area contributed by atoms with Crippen LogP contribution in [0.5, 0.6) is 0 Å². The Balaban J connectivity index is 3.56. The van der Waals surface area contributed by atoms with Gasteiger partial charge in [0.1, 0.15) is 0 Å². The number of aromatic carboxylic acids is 1. The molecular formula is C11H8F3NO4. The van der Waals surface area contributed by atoms with Gasteiger partial charge < -0.3 is 10.4 Å². The number of alkyl halides is 3. The van der Waals surface area contributed by atoms with Crippen LogP contribution in [0.25, 0.3) is 0 Å². The molecule has 0 radical (unpaired) electrons. The minimum absolute atomic E-state index is 0.0905. The van der Waals surface area contributed by atoms with Gasteiger partial charge in [-0.2, -0.15) is 13.2 Å². The van der Waals surface area contributed by atoms with Crippen LogP contribution in [0.1, 0.15) is 33.2 Å². The highest BCUT2D eigenvalue weighted by Crippen LogP contribution is 2.34. The second-order valence-corrected chi connectivity index (χ2v) is 3.59. The Morgan fingerprint density at radius 1 is 1.32 bits per heavy atom. The molecule has 1 aromatic rings. The third kappa shape index (κ3) is 3.30. The molecule has 0 atom stereocenters. The van der Waals surface area contributed by atoms with E-state index in [2.05, 4.69) is 0 Å². The molecule has 19 heavy (non-hydrogen) atoms. The predicted molar refractivity (Wildman–Crippen MR) is 58.1 cm³/mol. The molecule has 0 saturated carbocycles. The molecule has 0 spiro atoms. The number of carbonyl (C=O) groups excluding carboxylic acids is 2. The fourth-order valence-corrected chi connectivity index (χ4v) is 1.43. The van der Waals surface area contributed by atoms with Crippen LogP contribution in [0.4, 0.5) is 18.9 Å². The van der Waals surface area contributed by atoms with E-state index in [1.807, 2.05) is 5.32 Å². The van der Waals surface area contributed by atoms with Crippen molar-refractivity contribution in [2.75, 3.05) is 5.32 Å². The number of hydrogen-bond acceptors (Lipinski definition) is 3. The van der Waals surface area contributed by atoms with Gasteiger partial charge in [-0.3, -0.25) is 9.59 Å². The zero-order valence-electron chi connectivity index (χ0n) is 9.54. The number of carbonyl (C=O) groups is 3. The van der Waals surface area contributed by atoms with Gasteiger partial charge in [-0.05, 0) is 12.1 Å². The van der Waals surface area contributed by atoms with Gasteiger partial charge in [0.2, 0.25) is 5.91 Å². The molecule has 0 fully saturated rings. The minimum atomic E-state index is -4.83. The van der Waals surface area contributed by atoms with E-state index in [-0.39, 0.29) is 6.29 Å². The van der Waals surface area contributed by atoms with E-state index in [1.54, 1.807) is 0 Å². The topological polar surface area (TPSA) is 83.5 Å². The highest BCUT2D eigenvalue weighted by atomic mass is 19.4. The summed E-state index contributed by atoms with van der Waals surface area (Å²) in [6.07, 6.45) is -4.92. The largest absolute Gasteiger partial charge is 0.478 e. The maximum atomic E-state index is 12.7. The van der Waals surface area contributed by atoms with Crippen LogP contribution in [0, 0.1) is 0 Å². The SMILES string of the molecule is CC(=O)Nc1cc(C(F)(F)F)c(C=O)cc1C(=O)O. The van der Waals surface area contributed by atoms with Gasteiger partial charge in [-0.25, -0.2) is 4.79 Å². The number of aldehydes is 1. The number of hydrogen-bond donors (Lipinski definition) is 2. The van der Waals surface area contributed by atoms with Crippen LogP contribution in [-0.2, 0) is 11.0 Å². The van der Waals surface area contributed by atoms with E-state index in [1.165, 1.54) is 0 Å². The standard InChI is InChI=1S/C11H8F3NO4/c1-5(17)15-9-3-8(11(12,13)14)6(4-16)2-7(9)10(18)19/h2-4H,1H3,(H,15,17)(H,18,19). The molecule has 1 aromatic carbocycles. The van der Waals surface area contributed by atoms with Crippen molar-refractivity contribution >= 4 is 23.9 Å². The summed E-state index contributed by atoms with van der Waals surface area (Å²) in [6, 6.07) is 0.998. The Hall–Kier alpha value is -2.38. The van der Waals surface area contributed by atoms with Crippen molar-refractivity contribution in [3.63, 3.8) is 0 Å². The maximum Gasteiger partial charge on any atom is 0.417 e. The van der Waals surface area contributed by atoms with Crippen LogP contribution < -0.4 is 5.32 Å². The summed E-state index contributed by atoms with van der Waals surface area (Å²) in [6.45, 7) is 1.02. The van der Waals surface area contributed by atoms with E-state index in [0.29, 0.717) is 12.1 Å².